The zero-order chi connectivity index (χ0) is 25.7. The minimum Gasteiger partial charge on any atom is -0.507 e. The van der Waals surface area contributed by atoms with Gasteiger partial charge in [-0.2, -0.15) is 0 Å². The molecule has 0 radical (unpaired) electrons. The Hall–Kier alpha value is -4.20. The highest BCUT2D eigenvalue weighted by molar-refractivity contribution is 6.46. The Morgan fingerprint density at radius 3 is 2.44 bits per heavy atom. The molecule has 1 aromatic heterocycles. The number of carbonyl (C=O) groups excluding carboxylic acids is 2. The van der Waals surface area contributed by atoms with Crippen molar-refractivity contribution in [1.29, 1.82) is 0 Å². The van der Waals surface area contributed by atoms with Gasteiger partial charge in [0.2, 0.25) is 0 Å². The molecule has 4 rings (SSSR count). The number of rotatable bonds is 10. The number of Topliss-reactive ketones (excluding diaryl/α,β-unsaturated/α-hetero) is 1. The first-order valence-corrected chi connectivity index (χ1v) is 11.8. The van der Waals surface area contributed by atoms with Crippen LogP contribution in [0.1, 0.15) is 43.2 Å². The molecule has 0 saturated carbocycles. The van der Waals surface area contributed by atoms with E-state index in [-0.39, 0.29) is 17.9 Å². The molecule has 1 saturated heterocycles. The van der Waals surface area contributed by atoms with Crippen LogP contribution < -0.4 is 14.2 Å². The maximum Gasteiger partial charge on any atom is 0.296 e. The number of nitrogens with zero attached hydrogens (tertiary/aromatic N) is 1. The summed E-state index contributed by atoms with van der Waals surface area (Å²) in [6.07, 6.45) is 2.34. The number of ether oxygens (including phenoxy) is 3. The molecule has 1 aliphatic rings. The van der Waals surface area contributed by atoms with Gasteiger partial charge in [-0.05, 0) is 67.4 Å². The van der Waals surface area contributed by atoms with Gasteiger partial charge in [0.05, 0.1) is 44.7 Å². The Bertz CT molecular complexity index is 1250. The van der Waals surface area contributed by atoms with Crippen LogP contribution in [0.4, 0.5) is 0 Å². The topological polar surface area (TPSA) is 98.4 Å². The summed E-state index contributed by atoms with van der Waals surface area (Å²) in [6, 6.07) is 14.5. The van der Waals surface area contributed by atoms with E-state index in [0.29, 0.717) is 47.3 Å². The van der Waals surface area contributed by atoms with E-state index in [9.17, 15) is 14.7 Å². The van der Waals surface area contributed by atoms with Crippen molar-refractivity contribution in [2.45, 2.75) is 32.9 Å². The molecule has 0 spiro atoms. The minimum atomic E-state index is -0.864. The van der Waals surface area contributed by atoms with E-state index in [0.717, 1.165) is 6.42 Å². The lowest BCUT2D eigenvalue weighted by molar-refractivity contribution is -0.140. The summed E-state index contributed by atoms with van der Waals surface area (Å²) >= 11 is 0. The third-order valence-corrected chi connectivity index (χ3v) is 5.85. The third-order valence-electron chi connectivity index (χ3n) is 5.85. The molecule has 3 aromatic rings. The molecule has 8 heteroatoms. The first-order chi connectivity index (χ1) is 17.5. The van der Waals surface area contributed by atoms with Crippen molar-refractivity contribution in [3.05, 3.63) is 83.3 Å². The van der Waals surface area contributed by atoms with E-state index in [1.807, 2.05) is 13.8 Å². The molecular formula is C28H29NO7. The Kier molecular flexibility index (Phi) is 7.63. The fourth-order valence-corrected chi connectivity index (χ4v) is 4.16. The van der Waals surface area contributed by atoms with Crippen LogP contribution in [-0.2, 0) is 16.1 Å². The molecule has 1 aliphatic heterocycles. The van der Waals surface area contributed by atoms with Crippen LogP contribution in [0.3, 0.4) is 0 Å². The Labute approximate surface area is 209 Å². The van der Waals surface area contributed by atoms with Crippen LogP contribution in [0.2, 0.25) is 0 Å². The average molecular weight is 492 g/mol. The van der Waals surface area contributed by atoms with E-state index < -0.39 is 17.7 Å². The SMILES string of the molecule is CCCOc1ccc(C2C(=C(O)c3ccc(OC)cc3)C(=O)C(=O)N2Cc2ccco2)cc1OCC. The van der Waals surface area contributed by atoms with Crippen LogP contribution in [0.5, 0.6) is 17.2 Å². The zero-order valence-electron chi connectivity index (χ0n) is 20.5. The van der Waals surface area contributed by atoms with E-state index in [4.69, 9.17) is 18.6 Å². The van der Waals surface area contributed by atoms with Crippen molar-refractivity contribution in [2.24, 2.45) is 0 Å². The van der Waals surface area contributed by atoms with Crippen LogP contribution in [0, 0.1) is 0 Å². The van der Waals surface area contributed by atoms with Gasteiger partial charge < -0.3 is 28.6 Å². The van der Waals surface area contributed by atoms with Gasteiger partial charge in [-0.1, -0.05) is 13.0 Å². The van der Waals surface area contributed by atoms with Gasteiger partial charge in [0.15, 0.2) is 11.5 Å². The highest BCUT2D eigenvalue weighted by Gasteiger charge is 2.46. The zero-order valence-corrected chi connectivity index (χ0v) is 20.5. The molecule has 36 heavy (non-hydrogen) atoms. The average Bonchev–Trinajstić information content (AvgIpc) is 3.50. The van der Waals surface area contributed by atoms with Crippen molar-refractivity contribution in [3.63, 3.8) is 0 Å². The number of amides is 1. The Balaban J connectivity index is 1.85. The monoisotopic (exact) mass is 491 g/mol. The number of ketones is 1. The number of carbonyl (C=O) groups is 2. The predicted octanol–water partition coefficient (Wildman–Crippen LogP) is 5.10. The molecule has 188 valence electrons. The largest absolute Gasteiger partial charge is 0.507 e. The summed E-state index contributed by atoms with van der Waals surface area (Å²) < 4.78 is 22.3. The molecule has 1 fully saturated rings. The van der Waals surface area contributed by atoms with Crippen molar-refractivity contribution in [3.8, 4) is 17.2 Å². The lowest BCUT2D eigenvalue weighted by Gasteiger charge is -2.25. The van der Waals surface area contributed by atoms with E-state index in [1.165, 1.54) is 11.2 Å². The standard InChI is InChI=1S/C28H29NO7/c1-4-14-36-22-13-10-19(16-23(22)34-5-2)25-24(26(30)18-8-11-20(33-3)12-9-18)27(31)28(32)29(25)17-21-7-6-15-35-21/h6-13,15-16,25,30H,4-5,14,17H2,1-3H3. The molecular weight excluding hydrogens is 462 g/mol. The lowest BCUT2D eigenvalue weighted by atomic mass is 9.95. The molecule has 2 aromatic carbocycles. The van der Waals surface area contributed by atoms with Crippen molar-refractivity contribution >= 4 is 17.4 Å². The smallest absolute Gasteiger partial charge is 0.296 e. The van der Waals surface area contributed by atoms with E-state index in [1.54, 1.807) is 61.7 Å². The molecule has 0 bridgehead atoms. The van der Waals surface area contributed by atoms with Crippen molar-refractivity contribution < 1.29 is 33.3 Å². The molecule has 1 amide bonds. The summed E-state index contributed by atoms with van der Waals surface area (Å²) in [5, 5.41) is 11.3. The summed E-state index contributed by atoms with van der Waals surface area (Å²) in [5.41, 5.74) is 0.981. The molecule has 8 nitrogen and oxygen atoms in total. The van der Waals surface area contributed by atoms with Gasteiger partial charge in [-0.15, -0.1) is 0 Å². The quantitative estimate of drug-likeness (QED) is 0.239. The second-order valence-electron chi connectivity index (χ2n) is 8.22. The first kappa shape index (κ1) is 24.9. The highest BCUT2D eigenvalue weighted by Crippen LogP contribution is 2.43. The number of aliphatic hydroxyl groups excluding tert-OH is 1. The second kappa shape index (κ2) is 11.0. The van der Waals surface area contributed by atoms with Gasteiger partial charge in [0.1, 0.15) is 17.3 Å². The number of methoxy groups -OCH3 is 1. The first-order valence-electron chi connectivity index (χ1n) is 11.8. The number of furan rings is 1. The molecule has 1 unspecified atom stereocenters. The van der Waals surface area contributed by atoms with Gasteiger partial charge in [0.25, 0.3) is 11.7 Å². The lowest BCUT2D eigenvalue weighted by Crippen LogP contribution is -2.29. The van der Waals surface area contributed by atoms with Gasteiger partial charge in [0, 0.05) is 5.56 Å². The summed E-state index contributed by atoms with van der Waals surface area (Å²) in [7, 11) is 1.54. The van der Waals surface area contributed by atoms with E-state index in [2.05, 4.69) is 0 Å². The van der Waals surface area contributed by atoms with Crippen LogP contribution in [0.25, 0.3) is 5.76 Å². The molecule has 2 heterocycles. The maximum atomic E-state index is 13.3. The van der Waals surface area contributed by atoms with Crippen LogP contribution in [-0.4, -0.2) is 42.0 Å². The van der Waals surface area contributed by atoms with Gasteiger partial charge in [-0.25, -0.2) is 0 Å². The van der Waals surface area contributed by atoms with Crippen molar-refractivity contribution in [1.82, 2.24) is 4.90 Å². The normalized spacial score (nSPS) is 16.9. The maximum absolute atomic E-state index is 13.3. The number of likely N-dealkylation sites (tertiary alicyclic amines) is 1. The molecule has 0 aliphatic carbocycles. The summed E-state index contributed by atoms with van der Waals surface area (Å²) in [5.74, 6) is 0.411. The van der Waals surface area contributed by atoms with E-state index >= 15 is 0 Å². The number of benzene rings is 2. The number of aliphatic hydroxyl groups is 1. The molecule has 1 atom stereocenters. The Morgan fingerprint density at radius 2 is 1.81 bits per heavy atom. The van der Waals surface area contributed by atoms with Crippen LogP contribution >= 0.6 is 0 Å². The summed E-state index contributed by atoms with van der Waals surface area (Å²) in [4.78, 5) is 27.9. The fourth-order valence-electron chi connectivity index (χ4n) is 4.16. The van der Waals surface area contributed by atoms with Gasteiger partial charge >= 0.3 is 0 Å². The highest BCUT2D eigenvalue weighted by atomic mass is 16.5. The second-order valence-corrected chi connectivity index (χ2v) is 8.22. The Morgan fingerprint density at radius 1 is 1.03 bits per heavy atom. The third kappa shape index (κ3) is 4.93. The number of hydrogen-bond acceptors (Lipinski definition) is 7. The molecule has 1 N–H and O–H groups in total. The van der Waals surface area contributed by atoms with Crippen LogP contribution in [0.15, 0.2) is 70.9 Å². The summed E-state index contributed by atoms with van der Waals surface area (Å²) in [6.45, 7) is 4.86. The number of hydrogen-bond donors (Lipinski definition) is 1. The van der Waals surface area contributed by atoms with Crippen molar-refractivity contribution in [2.75, 3.05) is 20.3 Å². The predicted molar refractivity (Wildman–Crippen MR) is 133 cm³/mol. The fraction of sp³-hybridized carbons (Fsp3) is 0.286. The minimum absolute atomic E-state index is 0.0126. The van der Waals surface area contributed by atoms with Gasteiger partial charge in [-0.3, -0.25) is 9.59 Å².